The summed E-state index contributed by atoms with van der Waals surface area (Å²) >= 11 is 0. The fourth-order valence-corrected chi connectivity index (χ4v) is 1.27. The van der Waals surface area contributed by atoms with Gasteiger partial charge in [0.15, 0.2) is 0 Å². The Kier molecular flexibility index (Phi) is 3.29. The summed E-state index contributed by atoms with van der Waals surface area (Å²) in [6.45, 7) is 10.3. The van der Waals surface area contributed by atoms with Crippen LogP contribution in [0.25, 0.3) is 6.08 Å². The molecule has 1 aromatic rings. The van der Waals surface area contributed by atoms with Crippen LogP contribution in [0.2, 0.25) is 0 Å². The van der Waals surface area contributed by atoms with Crippen molar-refractivity contribution in [2.45, 2.75) is 26.2 Å². The Bertz CT molecular complexity index is 320. The lowest BCUT2D eigenvalue weighted by atomic mass is 9.87. The van der Waals surface area contributed by atoms with E-state index in [9.17, 15) is 0 Å². The van der Waals surface area contributed by atoms with Crippen LogP contribution in [-0.2, 0) is 5.41 Å². The van der Waals surface area contributed by atoms with Gasteiger partial charge in [0.2, 0.25) is 0 Å². The first-order valence-corrected chi connectivity index (χ1v) is 4.93. The van der Waals surface area contributed by atoms with Crippen LogP contribution >= 0.6 is 0 Å². The molecule has 0 aliphatic carbocycles. The lowest BCUT2D eigenvalue weighted by molar-refractivity contribution is 0.590. The molecule has 1 aromatic carbocycles. The Labute approximate surface area is 87.0 Å². The first kappa shape index (κ1) is 10.8. The normalized spacial score (nSPS) is 11.9. The lowest BCUT2D eigenvalue weighted by Crippen LogP contribution is -2.10. The minimum absolute atomic E-state index is 0.237. The molecule has 1 rings (SSSR count). The van der Waals surface area contributed by atoms with Gasteiger partial charge in [0.25, 0.3) is 0 Å². The van der Waals surface area contributed by atoms with Gasteiger partial charge in [-0.25, -0.2) is 0 Å². The van der Waals surface area contributed by atoms with Gasteiger partial charge in [-0.3, -0.25) is 0 Å². The molecule has 0 saturated carbocycles. The largest absolute Gasteiger partial charge is 0.0991 e. The summed E-state index contributed by atoms with van der Waals surface area (Å²) in [7, 11) is 0. The Morgan fingerprint density at radius 2 is 1.64 bits per heavy atom. The Morgan fingerprint density at radius 3 is 2.07 bits per heavy atom. The summed E-state index contributed by atoms with van der Waals surface area (Å²) in [4.78, 5) is 0. The third kappa shape index (κ3) is 2.88. The molecule has 0 atom stereocenters. The molecule has 0 aromatic heterocycles. The van der Waals surface area contributed by atoms with E-state index in [0.29, 0.717) is 0 Å². The molecule has 0 aliphatic rings. The van der Waals surface area contributed by atoms with Crippen molar-refractivity contribution in [3.8, 4) is 0 Å². The second-order valence-corrected chi connectivity index (χ2v) is 4.47. The summed E-state index contributed by atoms with van der Waals surface area (Å²) in [5, 5.41) is 0. The first-order chi connectivity index (χ1) is 6.54. The van der Waals surface area contributed by atoms with Crippen LogP contribution in [-0.4, -0.2) is 0 Å². The summed E-state index contributed by atoms with van der Waals surface area (Å²) in [6, 6.07) is 8.65. The summed E-state index contributed by atoms with van der Waals surface area (Å²) in [6.07, 6.45) is 5.79. The molecule has 0 amide bonds. The van der Waals surface area contributed by atoms with Gasteiger partial charge in [0.05, 0.1) is 0 Å². The van der Waals surface area contributed by atoms with Crippen molar-refractivity contribution in [2.24, 2.45) is 0 Å². The molecule has 14 heavy (non-hydrogen) atoms. The van der Waals surface area contributed by atoms with E-state index in [0.717, 1.165) is 0 Å². The van der Waals surface area contributed by atoms with Crippen LogP contribution in [0.1, 0.15) is 31.9 Å². The second-order valence-electron chi connectivity index (χ2n) is 4.47. The molecule has 0 spiro atoms. The number of benzene rings is 1. The van der Waals surface area contributed by atoms with Crippen molar-refractivity contribution in [1.29, 1.82) is 0 Å². The number of hydrogen-bond donors (Lipinski definition) is 0. The van der Waals surface area contributed by atoms with Gasteiger partial charge < -0.3 is 0 Å². The van der Waals surface area contributed by atoms with Gasteiger partial charge in [0.1, 0.15) is 0 Å². The van der Waals surface area contributed by atoms with E-state index in [1.165, 1.54) is 11.1 Å². The standard InChI is InChI=1S/C14H18/c1-5-6-7-12-8-10-13(11-9-12)14(2,3)4/h5-11H,1H2,2-4H3. The molecule has 0 bridgehead atoms. The van der Waals surface area contributed by atoms with Crippen LogP contribution in [0.4, 0.5) is 0 Å². The zero-order chi connectivity index (χ0) is 10.6. The van der Waals surface area contributed by atoms with Crippen LogP contribution in [0.15, 0.2) is 43.0 Å². The quantitative estimate of drug-likeness (QED) is 0.608. The van der Waals surface area contributed by atoms with Gasteiger partial charge in [0, 0.05) is 0 Å². The van der Waals surface area contributed by atoms with E-state index < -0.39 is 0 Å². The molecule has 0 nitrogen and oxygen atoms in total. The van der Waals surface area contributed by atoms with Gasteiger partial charge in [-0.1, -0.05) is 69.8 Å². The molecule has 0 aliphatic heterocycles. The average Bonchev–Trinajstić information content (AvgIpc) is 2.14. The molecule has 0 fully saturated rings. The van der Waals surface area contributed by atoms with Crippen molar-refractivity contribution in [1.82, 2.24) is 0 Å². The molecule has 0 radical (unpaired) electrons. The average molecular weight is 186 g/mol. The molecule has 0 unspecified atom stereocenters. The fourth-order valence-electron chi connectivity index (χ4n) is 1.27. The molecular weight excluding hydrogens is 168 g/mol. The van der Waals surface area contributed by atoms with Crippen molar-refractivity contribution in [2.75, 3.05) is 0 Å². The highest BCUT2D eigenvalue weighted by Crippen LogP contribution is 2.22. The van der Waals surface area contributed by atoms with Crippen molar-refractivity contribution < 1.29 is 0 Å². The van der Waals surface area contributed by atoms with Gasteiger partial charge in [-0.15, -0.1) is 0 Å². The van der Waals surface area contributed by atoms with Crippen molar-refractivity contribution in [3.63, 3.8) is 0 Å². The van der Waals surface area contributed by atoms with E-state index in [-0.39, 0.29) is 5.41 Å². The van der Waals surface area contributed by atoms with E-state index >= 15 is 0 Å². The van der Waals surface area contributed by atoms with Gasteiger partial charge in [-0.2, -0.15) is 0 Å². The maximum Gasteiger partial charge on any atom is -0.0132 e. The number of allylic oxidation sites excluding steroid dienone is 2. The highest BCUT2D eigenvalue weighted by Gasteiger charge is 2.12. The Hall–Kier alpha value is -1.30. The minimum atomic E-state index is 0.237. The third-order valence-electron chi connectivity index (χ3n) is 2.20. The highest BCUT2D eigenvalue weighted by atomic mass is 14.2. The van der Waals surface area contributed by atoms with E-state index in [1.54, 1.807) is 6.08 Å². The third-order valence-corrected chi connectivity index (χ3v) is 2.20. The zero-order valence-corrected chi connectivity index (χ0v) is 9.25. The lowest BCUT2D eigenvalue weighted by Gasteiger charge is -2.18. The number of rotatable bonds is 2. The highest BCUT2D eigenvalue weighted by molar-refractivity contribution is 5.51. The first-order valence-electron chi connectivity index (χ1n) is 4.93. The fraction of sp³-hybridized carbons (Fsp3) is 0.286. The molecule has 0 heteroatoms. The summed E-state index contributed by atoms with van der Waals surface area (Å²) in [5.74, 6) is 0. The molecule has 0 saturated heterocycles. The van der Waals surface area contributed by atoms with Crippen LogP contribution in [0.3, 0.4) is 0 Å². The van der Waals surface area contributed by atoms with Crippen molar-refractivity contribution in [3.05, 3.63) is 54.1 Å². The van der Waals surface area contributed by atoms with E-state index in [4.69, 9.17) is 0 Å². The van der Waals surface area contributed by atoms with Crippen LogP contribution < -0.4 is 0 Å². The van der Waals surface area contributed by atoms with Crippen LogP contribution in [0.5, 0.6) is 0 Å². The predicted octanol–water partition coefficient (Wildman–Crippen LogP) is 4.18. The molecular formula is C14H18. The second kappa shape index (κ2) is 4.28. The van der Waals surface area contributed by atoms with E-state index in [1.807, 2.05) is 6.08 Å². The van der Waals surface area contributed by atoms with Gasteiger partial charge in [-0.05, 0) is 16.5 Å². The zero-order valence-electron chi connectivity index (χ0n) is 9.25. The van der Waals surface area contributed by atoms with Gasteiger partial charge >= 0.3 is 0 Å². The Balaban J connectivity index is 2.89. The Morgan fingerprint density at radius 1 is 1.07 bits per heavy atom. The SMILES string of the molecule is C=CC=Cc1ccc(C(C)(C)C)cc1. The molecule has 0 N–H and O–H groups in total. The monoisotopic (exact) mass is 186 g/mol. The maximum absolute atomic E-state index is 3.65. The topological polar surface area (TPSA) is 0 Å². The summed E-state index contributed by atoms with van der Waals surface area (Å²) in [5.41, 5.74) is 2.83. The molecule has 0 heterocycles. The summed E-state index contributed by atoms with van der Waals surface area (Å²) < 4.78 is 0. The number of hydrogen-bond acceptors (Lipinski definition) is 0. The predicted molar refractivity (Wildman–Crippen MR) is 64.4 cm³/mol. The van der Waals surface area contributed by atoms with E-state index in [2.05, 4.69) is 57.7 Å². The van der Waals surface area contributed by atoms with Crippen LogP contribution in [0, 0.1) is 0 Å². The maximum atomic E-state index is 3.65. The molecule has 74 valence electrons. The minimum Gasteiger partial charge on any atom is -0.0991 e. The smallest absolute Gasteiger partial charge is 0.0132 e. The van der Waals surface area contributed by atoms with Crippen molar-refractivity contribution >= 4 is 6.08 Å².